The average Bonchev–Trinajstić information content (AvgIpc) is 2.81. The molecule has 2 rings (SSSR count). The Balaban J connectivity index is 2.42. The second-order valence-electron chi connectivity index (χ2n) is 3.25. The average molecular weight is 295 g/mol. The molecule has 1 heterocycles. The first-order valence-electron chi connectivity index (χ1n) is 4.67. The number of hydrogen-bond donors (Lipinski definition) is 1. The number of rotatable bonds is 3. The van der Waals surface area contributed by atoms with E-state index in [0.717, 1.165) is 5.69 Å². The zero-order valence-electron chi connectivity index (χ0n) is 8.50. The summed E-state index contributed by atoms with van der Waals surface area (Å²) >= 11 is 3.28. The molecule has 0 saturated heterocycles. The van der Waals surface area contributed by atoms with Gasteiger partial charge in [0.2, 0.25) is 0 Å². The highest BCUT2D eigenvalue weighted by molar-refractivity contribution is 9.10. The van der Waals surface area contributed by atoms with Crippen LogP contribution in [0.4, 0.5) is 0 Å². The number of nitrogens with zero attached hydrogens (tertiary/aromatic N) is 2. The Kier molecular flexibility index (Phi) is 3.06. The summed E-state index contributed by atoms with van der Waals surface area (Å²) in [5.74, 6) is -2.40. The standard InChI is InChI=1S/C11H7BrN2O3/c12-8-6-7(10(15)11(16)17)2-3-9(8)14-5-1-4-13-14/h1-6H,(H,16,17). The van der Waals surface area contributed by atoms with Crippen LogP contribution in [-0.4, -0.2) is 26.6 Å². The molecule has 0 aliphatic rings. The van der Waals surface area contributed by atoms with Gasteiger partial charge in [-0.15, -0.1) is 0 Å². The van der Waals surface area contributed by atoms with Crippen molar-refractivity contribution in [3.05, 3.63) is 46.7 Å². The van der Waals surface area contributed by atoms with Gasteiger partial charge >= 0.3 is 5.97 Å². The Labute approximate surface area is 105 Å². The van der Waals surface area contributed by atoms with Crippen molar-refractivity contribution in [2.75, 3.05) is 0 Å². The van der Waals surface area contributed by atoms with Crippen LogP contribution in [-0.2, 0) is 4.79 Å². The van der Waals surface area contributed by atoms with Crippen LogP contribution in [0.25, 0.3) is 5.69 Å². The molecule has 0 aliphatic carbocycles. The van der Waals surface area contributed by atoms with Crippen molar-refractivity contribution in [1.29, 1.82) is 0 Å². The van der Waals surface area contributed by atoms with Gasteiger partial charge in [0.05, 0.1) is 5.69 Å². The first-order valence-corrected chi connectivity index (χ1v) is 5.46. The predicted octanol–water partition coefficient (Wildman–Crippen LogP) is 1.90. The molecule has 0 saturated carbocycles. The van der Waals surface area contributed by atoms with Crippen LogP contribution in [0, 0.1) is 0 Å². The molecular weight excluding hydrogens is 288 g/mol. The molecule has 5 nitrogen and oxygen atoms in total. The topological polar surface area (TPSA) is 72.2 Å². The molecule has 0 atom stereocenters. The molecule has 1 N–H and O–H groups in total. The van der Waals surface area contributed by atoms with Gasteiger partial charge in [-0.2, -0.15) is 5.10 Å². The fraction of sp³-hybridized carbons (Fsp3) is 0. The fourth-order valence-corrected chi connectivity index (χ4v) is 1.93. The van der Waals surface area contributed by atoms with E-state index in [4.69, 9.17) is 5.11 Å². The van der Waals surface area contributed by atoms with Crippen LogP contribution in [0.2, 0.25) is 0 Å². The molecule has 17 heavy (non-hydrogen) atoms. The summed E-state index contributed by atoms with van der Waals surface area (Å²) in [5.41, 5.74) is 0.859. The third kappa shape index (κ3) is 2.26. The van der Waals surface area contributed by atoms with Crippen molar-refractivity contribution in [1.82, 2.24) is 9.78 Å². The summed E-state index contributed by atoms with van der Waals surface area (Å²) in [5, 5.41) is 12.6. The van der Waals surface area contributed by atoms with Gasteiger partial charge in [0.25, 0.3) is 5.78 Å². The van der Waals surface area contributed by atoms with Crippen LogP contribution in [0.3, 0.4) is 0 Å². The Bertz CT molecular complexity index is 578. The molecule has 1 aromatic heterocycles. The van der Waals surface area contributed by atoms with Crippen LogP contribution in [0.5, 0.6) is 0 Å². The second kappa shape index (κ2) is 4.50. The molecule has 6 heteroatoms. The van der Waals surface area contributed by atoms with Gasteiger partial charge in [0.15, 0.2) is 0 Å². The van der Waals surface area contributed by atoms with E-state index >= 15 is 0 Å². The summed E-state index contributed by atoms with van der Waals surface area (Å²) in [6.07, 6.45) is 3.38. The van der Waals surface area contributed by atoms with Crippen molar-refractivity contribution in [3.8, 4) is 5.69 Å². The molecule has 0 spiro atoms. The predicted molar refractivity (Wildman–Crippen MR) is 63.2 cm³/mol. The Morgan fingerprint density at radius 2 is 2.12 bits per heavy atom. The molecule has 1 aromatic carbocycles. The normalized spacial score (nSPS) is 10.2. The van der Waals surface area contributed by atoms with E-state index in [1.54, 1.807) is 29.2 Å². The first kappa shape index (κ1) is 11.5. The fourth-order valence-electron chi connectivity index (χ4n) is 1.37. The largest absolute Gasteiger partial charge is 0.475 e. The van der Waals surface area contributed by atoms with E-state index in [1.165, 1.54) is 12.1 Å². The number of Topliss-reactive ketones (excluding diaryl/α,β-unsaturated/α-hetero) is 1. The molecule has 0 fully saturated rings. The lowest BCUT2D eigenvalue weighted by Gasteiger charge is -2.05. The summed E-state index contributed by atoms with van der Waals surface area (Å²) in [6, 6.07) is 6.32. The number of halogens is 1. The lowest BCUT2D eigenvalue weighted by molar-refractivity contribution is -0.131. The maximum Gasteiger partial charge on any atom is 0.377 e. The lowest BCUT2D eigenvalue weighted by Crippen LogP contribution is -2.12. The van der Waals surface area contributed by atoms with Gasteiger partial charge in [0.1, 0.15) is 0 Å². The van der Waals surface area contributed by atoms with Crippen LogP contribution >= 0.6 is 15.9 Å². The number of carbonyl (C=O) groups excluding carboxylic acids is 1. The van der Waals surface area contributed by atoms with Crippen molar-refractivity contribution < 1.29 is 14.7 Å². The smallest absolute Gasteiger partial charge is 0.377 e. The summed E-state index contributed by atoms with van der Waals surface area (Å²) in [6.45, 7) is 0. The number of carbonyl (C=O) groups is 2. The quantitative estimate of drug-likeness (QED) is 0.693. The zero-order valence-corrected chi connectivity index (χ0v) is 10.1. The maximum absolute atomic E-state index is 11.3. The second-order valence-corrected chi connectivity index (χ2v) is 4.11. The minimum absolute atomic E-state index is 0.125. The van der Waals surface area contributed by atoms with Crippen LogP contribution < -0.4 is 0 Å². The highest BCUT2D eigenvalue weighted by atomic mass is 79.9. The van der Waals surface area contributed by atoms with Crippen molar-refractivity contribution >= 4 is 27.7 Å². The molecule has 0 radical (unpaired) electrons. The number of carboxylic acids is 1. The number of aromatic nitrogens is 2. The molecule has 0 aliphatic heterocycles. The van der Waals surface area contributed by atoms with Crippen LogP contribution in [0.1, 0.15) is 10.4 Å². The zero-order chi connectivity index (χ0) is 12.4. The highest BCUT2D eigenvalue weighted by Crippen LogP contribution is 2.22. The molecular formula is C11H7BrN2O3. The van der Waals surface area contributed by atoms with Gasteiger partial charge in [-0.3, -0.25) is 4.79 Å². The van der Waals surface area contributed by atoms with E-state index < -0.39 is 11.8 Å². The van der Waals surface area contributed by atoms with E-state index in [9.17, 15) is 9.59 Å². The van der Waals surface area contributed by atoms with E-state index in [1.807, 2.05) is 0 Å². The van der Waals surface area contributed by atoms with Crippen LogP contribution in [0.15, 0.2) is 41.1 Å². The number of hydrogen-bond acceptors (Lipinski definition) is 3. The van der Waals surface area contributed by atoms with Gasteiger partial charge in [-0.05, 0) is 40.2 Å². The summed E-state index contributed by atoms with van der Waals surface area (Å²) in [7, 11) is 0. The molecule has 0 bridgehead atoms. The molecule has 0 amide bonds. The van der Waals surface area contributed by atoms with E-state index in [2.05, 4.69) is 21.0 Å². The first-order chi connectivity index (χ1) is 8.09. The maximum atomic E-state index is 11.3. The number of benzene rings is 1. The Morgan fingerprint density at radius 3 is 2.65 bits per heavy atom. The van der Waals surface area contributed by atoms with Gasteiger partial charge in [0, 0.05) is 22.4 Å². The van der Waals surface area contributed by atoms with E-state index in [0.29, 0.717) is 4.47 Å². The third-order valence-corrected chi connectivity index (χ3v) is 2.79. The van der Waals surface area contributed by atoms with Gasteiger partial charge in [-0.25, -0.2) is 9.48 Å². The SMILES string of the molecule is O=C(O)C(=O)c1ccc(-n2cccn2)c(Br)c1. The van der Waals surface area contributed by atoms with E-state index in [-0.39, 0.29) is 5.56 Å². The Morgan fingerprint density at radius 1 is 1.35 bits per heavy atom. The monoisotopic (exact) mass is 294 g/mol. The minimum atomic E-state index is -1.47. The Hall–Kier alpha value is -1.95. The minimum Gasteiger partial charge on any atom is -0.475 e. The van der Waals surface area contributed by atoms with Crippen molar-refractivity contribution in [2.45, 2.75) is 0 Å². The highest BCUT2D eigenvalue weighted by Gasteiger charge is 2.15. The molecule has 86 valence electrons. The summed E-state index contributed by atoms with van der Waals surface area (Å²) < 4.78 is 2.22. The molecule has 0 unspecified atom stereocenters. The van der Waals surface area contributed by atoms with Gasteiger partial charge < -0.3 is 5.11 Å². The van der Waals surface area contributed by atoms with Gasteiger partial charge in [-0.1, -0.05) is 0 Å². The molecule has 2 aromatic rings. The summed E-state index contributed by atoms with van der Waals surface area (Å²) in [4.78, 5) is 21.8. The lowest BCUT2D eigenvalue weighted by atomic mass is 10.1. The number of aliphatic carboxylic acids is 1. The third-order valence-electron chi connectivity index (χ3n) is 2.16. The van der Waals surface area contributed by atoms with Crippen molar-refractivity contribution in [2.24, 2.45) is 0 Å². The van der Waals surface area contributed by atoms with Crippen molar-refractivity contribution in [3.63, 3.8) is 0 Å². The number of carboxylic acid groups (broad SMARTS) is 1. The number of ketones is 1.